The van der Waals surface area contributed by atoms with Crippen molar-refractivity contribution in [2.75, 3.05) is 14.2 Å². The van der Waals surface area contributed by atoms with Crippen LogP contribution >= 0.6 is 11.3 Å². The summed E-state index contributed by atoms with van der Waals surface area (Å²) in [6.45, 7) is 2.21. The predicted octanol–water partition coefficient (Wildman–Crippen LogP) is 3.69. The van der Waals surface area contributed by atoms with Gasteiger partial charge in [-0.25, -0.2) is 0 Å². The van der Waals surface area contributed by atoms with Gasteiger partial charge in [0, 0.05) is 15.8 Å². The van der Waals surface area contributed by atoms with E-state index in [0.29, 0.717) is 6.04 Å². The quantitative estimate of drug-likeness (QED) is 0.839. The molecule has 3 heteroatoms. The first-order valence-corrected chi connectivity index (χ1v) is 7.94. The van der Waals surface area contributed by atoms with E-state index in [1.165, 1.54) is 15.3 Å². The molecule has 0 fully saturated rings. The van der Waals surface area contributed by atoms with Crippen molar-refractivity contribution in [1.29, 1.82) is 0 Å². The monoisotopic (exact) mass is 289 g/mol. The molecule has 0 aliphatic rings. The summed E-state index contributed by atoms with van der Waals surface area (Å²) in [5.74, 6) is 0.932. The summed E-state index contributed by atoms with van der Waals surface area (Å²) >= 11 is 1.93. The Hall–Kier alpha value is -1.32. The van der Waals surface area contributed by atoms with E-state index in [2.05, 4.69) is 42.6 Å². The highest BCUT2D eigenvalue weighted by atomic mass is 32.1. The van der Waals surface area contributed by atoms with E-state index < -0.39 is 0 Å². The highest BCUT2D eigenvalue weighted by Crippen LogP contribution is 2.20. The third-order valence-electron chi connectivity index (χ3n) is 3.54. The number of hydrogen-bond acceptors (Lipinski definition) is 3. The Balaban J connectivity index is 2.00. The Morgan fingerprint density at radius 1 is 1.15 bits per heavy atom. The third kappa shape index (κ3) is 4.09. The Labute approximate surface area is 125 Å². The van der Waals surface area contributed by atoms with Gasteiger partial charge >= 0.3 is 0 Å². The summed E-state index contributed by atoms with van der Waals surface area (Å²) in [5.41, 5.74) is 1.32. The molecule has 0 spiro atoms. The molecule has 1 aromatic heterocycles. The average molecular weight is 289 g/mol. The lowest BCUT2D eigenvalue weighted by atomic mass is 10.0. The number of hydrogen-bond donors (Lipinski definition) is 1. The van der Waals surface area contributed by atoms with Crippen LogP contribution in [0.5, 0.6) is 5.75 Å². The van der Waals surface area contributed by atoms with E-state index >= 15 is 0 Å². The van der Waals surface area contributed by atoms with Gasteiger partial charge in [0.2, 0.25) is 0 Å². The Morgan fingerprint density at radius 2 is 1.95 bits per heavy atom. The van der Waals surface area contributed by atoms with Crippen LogP contribution in [-0.2, 0) is 19.3 Å². The first-order valence-electron chi connectivity index (χ1n) is 7.13. The van der Waals surface area contributed by atoms with Gasteiger partial charge in [-0.2, -0.15) is 0 Å². The molecule has 0 aliphatic carbocycles. The number of nitrogens with one attached hydrogen (secondary N) is 1. The fourth-order valence-electron chi connectivity index (χ4n) is 2.33. The number of aryl methyl sites for hydroxylation is 1. The van der Waals surface area contributed by atoms with Crippen LogP contribution in [0.4, 0.5) is 0 Å². The van der Waals surface area contributed by atoms with Gasteiger partial charge in [0.25, 0.3) is 0 Å². The standard InChI is InChI=1S/C17H23NOS/c1-4-16-8-9-17(20-16)12-14(18-2)10-13-6-5-7-15(11-13)19-3/h5-9,11,14,18H,4,10,12H2,1-3H3. The molecular formula is C17H23NOS. The number of likely N-dealkylation sites (N-methyl/N-ethyl adjacent to an activating group) is 1. The van der Waals surface area contributed by atoms with Gasteiger partial charge in [0.05, 0.1) is 7.11 Å². The minimum Gasteiger partial charge on any atom is -0.497 e. The molecule has 2 nitrogen and oxygen atoms in total. The first kappa shape index (κ1) is 15.1. The Kier molecular flexibility index (Phi) is 5.62. The van der Waals surface area contributed by atoms with Crippen molar-refractivity contribution < 1.29 is 4.74 Å². The van der Waals surface area contributed by atoms with Crippen LogP contribution in [0.25, 0.3) is 0 Å². The summed E-state index contributed by atoms with van der Waals surface area (Å²) in [7, 11) is 3.76. The largest absolute Gasteiger partial charge is 0.497 e. The maximum atomic E-state index is 5.29. The van der Waals surface area contributed by atoms with Crippen LogP contribution in [0.3, 0.4) is 0 Å². The molecule has 1 unspecified atom stereocenters. The molecule has 0 saturated heterocycles. The normalized spacial score (nSPS) is 12.3. The lowest BCUT2D eigenvalue weighted by Crippen LogP contribution is -2.29. The SMILES string of the molecule is CCc1ccc(CC(Cc2cccc(OC)c2)NC)s1. The molecule has 1 atom stereocenters. The number of ether oxygens (including phenoxy) is 1. The zero-order valence-corrected chi connectivity index (χ0v) is 13.3. The summed E-state index contributed by atoms with van der Waals surface area (Å²) in [6.07, 6.45) is 3.23. The maximum absolute atomic E-state index is 5.29. The summed E-state index contributed by atoms with van der Waals surface area (Å²) in [5, 5.41) is 3.43. The zero-order chi connectivity index (χ0) is 14.4. The lowest BCUT2D eigenvalue weighted by molar-refractivity contribution is 0.414. The summed E-state index contributed by atoms with van der Waals surface area (Å²) < 4.78 is 5.29. The molecule has 0 saturated carbocycles. The Bertz CT molecular complexity index is 535. The van der Waals surface area contributed by atoms with Gasteiger partial charge in [-0.1, -0.05) is 19.1 Å². The van der Waals surface area contributed by atoms with E-state index in [9.17, 15) is 0 Å². The number of thiophene rings is 1. The van der Waals surface area contributed by atoms with Crippen LogP contribution < -0.4 is 10.1 Å². The molecular weight excluding hydrogens is 266 g/mol. The lowest BCUT2D eigenvalue weighted by Gasteiger charge is -2.15. The number of benzene rings is 1. The highest BCUT2D eigenvalue weighted by molar-refractivity contribution is 7.11. The maximum Gasteiger partial charge on any atom is 0.119 e. The van der Waals surface area contributed by atoms with Crippen molar-refractivity contribution in [3.63, 3.8) is 0 Å². The van der Waals surface area contributed by atoms with Crippen molar-refractivity contribution in [3.8, 4) is 5.75 Å². The Morgan fingerprint density at radius 3 is 2.60 bits per heavy atom. The van der Waals surface area contributed by atoms with Crippen molar-refractivity contribution in [1.82, 2.24) is 5.32 Å². The summed E-state index contributed by atoms with van der Waals surface area (Å²) in [6, 6.07) is 13.3. The van der Waals surface area contributed by atoms with Crippen molar-refractivity contribution in [3.05, 3.63) is 51.7 Å². The fraction of sp³-hybridized carbons (Fsp3) is 0.412. The van der Waals surface area contributed by atoms with E-state index in [-0.39, 0.29) is 0 Å². The zero-order valence-electron chi connectivity index (χ0n) is 12.5. The van der Waals surface area contributed by atoms with Gasteiger partial charge in [0.1, 0.15) is 5.75 Å². The van der Waals surface area contributed by atoms with Crippen molar-refractivity contribution in [2.24, 2.45) is 0 Å². The molecule has 1 heterocycles. The first-order chi connectivity index (χ1) is 9.75. The van der Waals surface area contributed by atoms with Crippen LogP contribution in [-0.4, -0.2) is 20.2 Å². The van der Waals surface area contributed by atoms with Crippen molar-refractivity contribution in [2.45, 2.75) is 32.2 Å². The summed E-state index contributed by atoms with van der Waals surface area (Å²) in [4.78, 5) is 2.93. The van der Waals surface area contributed by atoms with Crippen molar-refractivity contribution >= 4 is 11.3 Å². The number of methoxy groups -OCH3 is 1. The second kappa shape index (κ2) is 7.46. The van der Waals surface area contributed by atoms with Crippen LogP contribution in [0.15, 0.2) is 36.4 Å². The van der Waals surface area contributed by atoms with Gasteiger partial charge in [0.15, 0.2) is 0 Å². The molecule has 1 aromatic carbocycles. The van der Waals surface area contributed by atoms with Crippen LogP contribution in [0, 0.1) is 0 Å². The topological polar surface area (TPSA) is 21.3 Å². The fourth-order valence-corrected chi connectivity index (χ4v) is 3.36. The second-order valence-corrected chi connectivity index (χ2v) is 6.22. The smallest absolute Gasteiger partial charge is 0.119 e. The average Bonchev–Trinajstić information content (AvgIpc) is 2.94. The second-order valence-electron chi connectivity index (χ2n) is 4.97. The molecule has 20 heavy (non-hydrogen) atoms. The predicted molar refractivity (Wildman–Crippen MR) is 86.9 cm³/mol. The van der Waals surface area contributed by atoms with Gasteiger partial charge in [-0.15, -0.1) is 11.3 Å². The van der Waals surface area contributed by atoms with E-state index in [1.807, 2.05) is 24.5 Å². The van der Waals surface area contributed by atoms with Gasteiger partial charge < -0.3 is 10.1 Å². The van der Waals surface area contributed by atoms with Crippen LogP contribution in [0.2, 0.25) is 0 Å². The molecule has 0 aliphatic heterocycles. The molecule has 0 radical (unpaired) electrons. The molecule has 2 aromatic rings. The molecule has 2 rings (SSSR count). The van der Waals surface area contributed by atoms with Gasteiger partial charge in [-0.3, -0.25) is 0 Å². The molecule has 1 N–H and O–H groups in total. The van der Waals surface area contributed by atoms with Gasteiger partial charge in [-0.05, 0) is 56.1 Å². The minimum absolute atomic E-state index is 0.463. The van der Waals surface area contributed by atoms with E-state index in [4.69, 9.17) is 4.74 Å². The number of rotatable bonds is 7. The van der Waals surface area contributed by atoms with E-state index in [0.717, 1.165) is 25.0 Å². The molecule has 0 amide bonds. The van der Waals surface area contributed by atoms with Crippen LogP contribution in [0.1, 0.15) is 22.2 Å². The minimum atomic E-state index is 0.463. The molecule has 108 valence electrons. The third-order valence-corrected chi connectivity index (χ3v) is 4.79. The highest BCUT2D eigenvalue weighted by Gasteiger charge is 2.10. The molecule has 0 bridgehead atoms. The van der Waals surface area contributed by atoms with E-state index in [1.54, 1.807) is 7.11 Å².